The smallest absolute Gasteiger partial charge is 0.242 e. The third-order valence-electron chi connectivity index (χ3n) is 5.48. The number of carbonyl (C=O) groups excluding carboxylic acids is 2. The second-order valence-corrected chi connectivity index (χ2v) is 10.1. The third-order valence-corrected chi connectivity index (χ3v) is 6.67. The number of rotatable bonds is 12. The van der Waals surface area contributed by atoms with Gasteiger partial charge in [-0.2, -0.15) is 0 Å². The number of likely N-dealkylation sites (N-methyl/N-ethyl adjacent to an activating group) is 1. The Labute approximate surface area is 202 Å². The quantitative estimate of drug-likeness (QED) is 0.494. The first-order chi connectivity index (χ1) is 16.1. The maximum Gasteiger partial charge on any atom is 0.242 e. The minimum atomic E-state index is -3.54. The fourth-order valence-electron chi connectivity index (χ4n) is 3.56. The van der Waals surface area contributed by atoms with Crippen molar-refractivity contribution in [3.8, 4) is 5.75 Å². The molecule has 0 spiro atoms. The number of ether oxygens (including phenoxy) is 1. The molecule has 1 atom stereocenters. The van der Waals surface area contributed by atoms with Gasteiger partial charge in [0, 0.05) is 26.6 Å². The predicted molar refractivity (Wildman–Crippen MR) is 134 cm³/mol. The molecule has 0 aliphatic heterocycles. The van der Waals surface area contributed by atoms with Crippen molar-refractivity contribution in [1.29, 1.82) is 0 Å². The fraction of sp³-hybridized carbons (Fsp3) is 0.440. The highest BCUT2D eigenvalue weighted by Crippen LogP contribution is 2.22. The van der Waals surface area contributed by atoms with Gasteiger partial charge in [-0.15, -0.1) is 0 Å². The summed E-state index contributed by atoms with van der Waals surface area (Å²) in [5, 5.41) is 2.59. The topological polar surface area (TPSA) is 96.0 Å². The van der Waals surface area contributed by atoms with Gasteiger partial charge in [0.05, 0.1) is 18.6 Å². The van der Waals surface area contributed by atoms with E-state index in [2.05, 4.69) is 5.32 Å². The average molecular weight is 490 g/mol. The first-order valence-electron chi connectivity index (χ1n) is 11.3. The molecule has 9 heteroatoms. The minimum absolute atomic E-state index is 0.107. The zero-order valence-corrected chi connectivity index (χ0v) is 21.4. The number of hydrogen-bond donors (Lipinski definition) is 1. The molecular formula is C25H35N3O5S. The molecule has 8 nitrogen and oxygen atoms in total. The number of carbonyl (C=O) groups is 2. The van der Waals surface area contributed by atoms with E-state index in [1.165, 1.54) is 16.3 Å². The Bertz CT molecular complexity index is 1050. The van der Waals surface area contributed by atoms with Crippen LogP contribution >= 0.6 is 0 Å². The van der Waals surface area contributed by atoms with Crippen LogP contribution in [0.5, 0.6) is 5.75 Å². The van der Waals surface area contributed by atoms with Crippen molar-refractivity contribution >= 4 is 27.5 Å². The largest absolute Gasteiger partial charge is 0.494 e. The van der Waals surface area contributed by atoms with E-state index in [1.807, 2.05) is 38.1 Å². The maximum atomic E-state index is 13.1. The van der Waals surface area contributed by atoms with Gasteiger partial charge >= 0.3 is 0 Å². The van der Waals surface area contributed by atoms with Crippen LogP contribution in [0.4, 0.5) is 5.69 Å². The molecule has 0 aromatic heterocycles. The van der Waals surface area contributed by atoms with Crippen molar-refractivity contribution in [3.05, 3.63) is 59.7 Å². The van der Waals surface area contributed by atoms with Crippen molar-refractivity contribution in [1.82, 2.24) is 10.2 Å². The van der Waals surface area contributed by atoms with Crippen LogP contribution in [0, 0.1) is 6.92 Å². The van der Waals surface area contributed by atoms with Crippen LogP contribution in [0.1, 0.15) is 37.8 Å². The molecule has 0 saturated heterocycles. The van der Waals surface area contributed by atoms with Gasteiger partial charge in [0.25, 0.3) is 0 Å². The van der Waals surface area contributed by atoms with Crippen molar-refractivity contribution in [3.63, 3.8) is 0 Å². The zero-order chi connectivity index (χ0) is 25.3. The van der Waals surface area contributed by atoms with Crippen LogP contribution in [0.3, 0.4) is 0 Å². The SMILES string of the molecule is CCOc1ccc(N(CCCC(=O)N(Cc2ccc(C)cc2)[C@H](C)C(=O)NC)S(C)(=O)=O)cc1. The van der Waals surface area contributed by atoms with Crippen LogP contribution in [0.2, 0.25) is 0 Å². The Morgan fingerprint density at radius 3 is 2.21 bits per heavy atom. The lowest BCUT2D eigenvalue weighted by Crippen LogP contribution is -2.46. The van der Waals surface area contributed by atoms with Crippen LogP contribution in [-0.2, 0) is 26.2 Å². The van der Waals surface area contributed by atoms with Gasteiger partial charge in [-0.05, 0) is 57.0 Å². The van der Waals surface area contributed by atoms with E-state index in [0.29, 0.717) is 31.0 Å². The normalized spacial score (nSPS) is 12.0. The van der Waals surface area contributed by atoms with Crippen LogP contribution in [0.25, 0.3) is 0 Å². The number of anilines is 1. The number of hydrogen-bond acceptors (Lipinski definition) is 5. The summed E-state index contributed by atoms with van der Waals surface area (Å²) in [6.45, 7) is 6.50. The molecule has 0 heterocycles. The van der Waals surface area contributed by atoms with Gasteiger partial charge in [-0.3, -0.25) is 13.9 Å². The van der Waals surface area contributed by atoms with Crippen molar-refractivity contribution < 1.29 is 22.7 Å². The van der Waals surface area contributed by atoms with Crippen LogP contribution < -0.4 is 14.4 Å². The van der Waals surface area contributed by atoms with E-state index in [1.54, 1.807) is 31.2 Å². The number of nitrogens with zero attached hydrogens (tertiary/aromatic N) is 2. The Morgan fingerprint density at radius 1 is 1.06 bits per heavy atom. The van der Waals surface area contributed by atoms with Gasteiger partial charge in [-0.25, -0.2) is 8.42 Å². The van der Waals surface area contributed by atoms with Crippen LogP contribution in [0.15, 0.2) is 48.5 Å². The lowest BCUT2D eigenvalue weighted by Gasteiger charge is -2.29. The summed E-state index contributed by atoms with van der Waals surface area (Å²) in [7, 11) is -2.01. The minimum Gasteiger partial charge on any atom is -0.494 e. The molecule has 0 saturated carbocycles. The predicted octanol–water partition coefficient (Wildman–Crippen LogP) is 3.10. The summed E-state index contributed by atoms with van der Waals surface area (Å²) < 4.78 is 31.5. The molecule has 2 rings (SSSR count). The standard InChI is InChI=1S/C25H35N3O5S/c1-6-33-23-15-13-22(14-16-23)28(34(5,31)32)17-7-8-24(29)27(20(3)25(30)26-4)18-21-11-9-19(2)10-12-21/h9-16,20H,6-8,17-18H2,1-5H3,(H,26,30)/t20-/m1/s1. The van der Waals surface area contributed by atoms with Crippen molar-refractivity contribution in [2.24, 2.45) is 0 Å². The molecular weight excluding hydrogens is 454 g/mol. The van der Waals surface area contributed by atoms with E-state index >= 15 is 0 Å². The van der Waals surface area contributed by atoms with Gasteiger partial charge in [0.2, 0.25) is 21.8 Å². The van der Waals surface area contributed by atoms with Crippen molar-refractivity contribution in [2.45, 2.75) is 46.2 Å². The Hall–Kier alpha value is -3.07. The molecule has 2 amide bonds. The molecule has 0 radical (unpaired) electrons. The Balaban J connectivity index is 2.12. The summed E-state index contributed by atoms with van der Waals surface area (Å²) in [6.07, 6.45) is 1.56. The summed E-state index contributed by atoms with van der Waals surface area (Å²) in [4.78, 5) is 26.9. The highest BCUT2D eigenvalue weighted by molar-refractivity contribution is 7.92. The van der Waals surface area contributed by atoms with Crippen molar-refractivity contribution in [2.75, 3.05) is 30.8 Å². The third kappa shape index (κ3) is 7.76. The highest BCUT2D eigenvalue weighted by Gasteiger charge is 2.26. The van der Waals surface area contributed by atoms with Gasteiger partial charge in [0.15, 0.2) is 0 Å². The average Bonchev–Trinajstić information content (AvgIpc) is 2.80. The summed E-state index contributed by atoms with van der Waals surface area (Å²) in [5.41, 5.74) is 2.53. The first-order valence-corrected chi connectivity index (χ1v) is 13.2. The first kappa shape index (κ1) is 27.2. The molecule has 0 aliphatic rings. The van der Waals surface area contributed by atoms with E-state index < -0.39 is 16.1 Å². The van der Waals surface area contributed by atoms with Gasteiger partial charge in [-0.1, -0.05) is 29.8 Å². The second-order valence-electron chi connectivity index (χ2n) is 8.16. The number of amides is 2. The lowest BCUT2D eigenvalue weighted by molar-refractivity contribution is -0.140. The summed E-state index contributed by atoms with van der Waals surface area (Å²) >= 11 is 0. The number of nitrogens with one attached hydrogen (secondary N) is 1. The fourth-order valence-corrected chi connectivity index (χ4v) is 4.53. The van der Waals surface area contributed by atoms with Crippen LogP contribution in [-0.4, -0.2) is 57.6 Å². The molecule has 34 heavy (non-hydrogen) atoms. The summed E-state index contributed by atoms with van der Waals surface area (Å²) in [5.74, 6) is 0.189. The molecule has 0 bridgehead atoms. The Morgan fingerprint density at radius 2 is 1.68 bits per heavy atom. The maximum absolute atomic E-state index is 13.1. The highest BCUT2D eigenvalue weighted by atomic mass is 32.2. The Kier molecular flexibility index (Phi) is 9.92. The lowest BCUT2D eigenvalue weighted by atomic mass is 10.1. The molecule has 0 fully saturated rings. The summed E-state index contributed by atoms with van der Waals surface area (Å²) in [6, 6.07) is 13.9. The molecule has 186 valence electrons. The molecule has 2 aromatic rings. The monoisotopic (exact) mass is 489 g/mol. The second kappa shape index (κ2) is 12.4. The van der Waals surface area contributed by atoms with E-state index in [0.717, 1.165) is 17.4 Å². The number of aryl methyl sites for hydroxylation is 1. The molecule has 0 aliphatic carbocycles. The number of sulfonamides is 1. The molecule has 2 aromatic carbocycles. The van der Waals surface area contributed by atoms with E-state index in [4.69, 9.17) is 4.74 Å². The molecule has 0 unspecified atom stereocenters. The van der Waals surface area contributed by atoms with E-state index in [-0.39, 0.29) is 24.8 Å². The zero-order valence-electron chi connectivity index (χ0n) is 20.6. The number of benzene rings is 2. The van der Waals surface area contributed by atoms with Gasteiger partial charge < -0.3 is 15.0 Å². The van der Waals surface area contributed by atoms with Gasteiger partial charge in [0.1, 0.15) is 11.8 Å². The van der Waals surface area contributed by atoms with E-state index in [9.17, 15) is 18.0 Å². The molecule has 1 N–H and O–H groups in total.